The topological polar surface area (TPSA) is 25.8 Å². The van der Waals surface area contributed by atoms with Crippen molar-refractivity contribution in [3.8, 4) is 56.2 Å². The molecule has 0 aliphatic heterocycles. The molecular weight excluding hydrogens is 661 g/mol. The van der Waals surface area contributed by atoms with Gasteiger partial charge in [-0.15, -0.1) is 11.3 Å². The summed E-state index contributed by atoms with van der Waals surface area (Å²) >= 11 is 1.82. The minimum atomic E-state index is 0.727. The number of hydrogen-bond acceptors (Lipinski definition) is 3. The SMILES string of the molecule is c1ccc(-c2cc(-c3ccccc3)nc(-c3c(-c4ccc(-c5ccc6ccc7cccc8ccc5c6c78)cc4)ccc4sc5ccccc5c34)n2)cc1. The normalized spacial score (nSPS) is 11.8. The lowest BCUT2D eigenvalue weighted by atomic mass is 9.89. The third kappa shape index (κ3) is 4.86. The molecule has 2 heterocycles. The maximum atomic E-state index is 5.36. The summed E-state index contributed by atoms with van der Waals surface area (Å²) in [5.41, 5.74) is 9.69. The highest BCUT2D eigenvalue weighted by atomic mass is 32.1. The van der Waals surface area contributed by atoms with Crippen molar-refractivity contribution in [2.24, 2.45) is 0 Å². The van der Waals surface area contributed by atoms with E-state index in [0.717, 1.165) is 45.0 Å². The van der Waals surface area contributed by atoms with Crippen LogP contribution < -0.4 is 0 Å². The Hall–Kier alpha value is -6.68. The lowest BCUT2D eigenvalue weighted by Crippen LogP contribution is -1.98. The van der Waals surface area contributed by atoms with Gasteiger partial charge in [-0.05, 0) is 72.8 Å². The number of rotatable bonds is 5. The van der Waals surface area contributed by atoms with Crippen LogP contribution in [0.5, 0.6) is 0 Å². The van der Waals surface area contributed by atoms with Crippen LogP contribution in [-0.4, -0.2) is 9.97 Å². The van der Waals surface area contributed by atoms with Crippen molar-refractivity contribution in [3.63, 3.8) is 0 Å². The average molecular weight is 691 g/mol. The summed E-state index contributed by atoms with van der Waals surface area (Å²) in [5.74, 6) is 0.727. The summed E-state index contributed by atoms with van der Waals surface area (Å²) in [7, 11) is 0. The molecule has 0 atom stereocenters. The standard InChI is InChI=1S/C50H30N2S/c1-3-10-33(11-4-1)42-30-43(34-12-5-2-6-13-34)52-50(51-42)49-39(28-29-45-48(49)41-16-7-8-17-44(41)53-45)32-20-18-31(19-21-32)38-26-24-37-23-22-35-14-9-15-36-25-27-40(38)47(37)46(35)36/h1-30H. The van der Waals surface area contributed by atoms with E-state index in [-0.39, 0.29) is 0 Å². The Morgan fingerprint density at radius 2 is 0.906 bits per heavy atom. The molecule has 0 spiro atoms. The second-order valence-corrected chi connectivity index (χ2v) is 14.8. The maximum Gasteiger partial charge on any atom is 0.161 e. The van der Waals surface area contributed by atoms with Gasteiger partial charge in [-0.1, -0.05) is 164 Å². The molecule has 0 fully saturated rings. The zero-order valence-electron chi connectivity index (χ0n) is 28.6. The van der Waals surface area contributed by atoms with Gasteiger partial charge in [0.15, 0.2) is 5.82 Å². The first-order chi connectivity index (χ1) is 26.3. The van der Waals surface area contributed by atoms with Crippen molar-refractivity contribution in [1.29, 1.82) is 0 Å². The highest BCUT2D eigenvalue weighted by Crippen LogP contribution is 2.46. The molecule has 53 heavy (non-hydrogen) atoms. The van der Waals surface area contributed by atoms with E-state index in [1.807, 2.05) is 23.5 Å². The molecule has 11 rings (SSSR count). The van der Waals surface area contributed by atoms with Crippen molar-refractivity contribution in [3.05, 3.63) is 182 Å². The molecule has 11 aromatic rings. The van der Waals surface area contributed by atoms with Gasteiger partial charge in [0.1, 0.15) is 0 Å². The summed E-state index contributed by atoms with van der Waals surface area (Å²) in [5, 5.41) is 10.2. The van der Waals surface area contributed by atoms with Crippen molar-refractivity contribution in [2.45, 2.75) is 0 Å². The van der Waals surface area contributed by atoms with Gasteiger partial charge < -0.3 is 0 Å². The van der Waals surface area contributed by atoms with Crippen molar-refractivity contribution in [1.82, 2.24) is 9.97 Å². The number of benzene rings is 9. The zero-order valence-corrected chi connectivity index (χ0v) is 29.4. The minimum absolute atomic E-state index is 0.727. The summed E-state index contributed by atoms with van der Waals surface area (Å²) in [6.07, 6.45) is 0. The van der Waals surface area contributed by atoms with Crippen molar-refractivity contribution >= 4 is 63.8 Å². The summed E-state index contributed by atoms with van der Waals surface area (Å²) in [6.45, 7) is 0. The highest BCUT2D eigenvalue weighted by Gasteiger charge is 2.21. The Morgan fingerprint density at radius 1 is 0.340 bits per heavy atom. The van der Waals surface area contributed by atoms with E-state index in [9.17, 15) is 0 Å². The molecule has 2 nitrogen and oxygen atoms in total. The number of fused-ring (bicyclic) bond motifs is 3. The molecule has 9 aromatic carbocycles. The van der Waals surface area contributed by atoms with Gasteiger partial charge in [-0.25, -0.2) is 9.97 Å². The fourth-order valence-corrected chi connectivity index (χ4v) is 9.29. The van der Waals surface area contributed by atoms with Gasteiger partial charge in [0, 0.05) is 36.9 Å². The molecule has 3 heteroatoms. The molecule has 0 N–H and O–H groups in total. The predicted octanol–water partition coefficient (Wildman–Crippen LogP) is 14.1. The van der Waals surface area contributed by atoms with Gasteiger partial charge >= 0.3 is 0 Å². The first kappa shape index (κ1) is 30.0. The fraction of sp³-hybridized carbons (Fsp3) is 0. The maximum absolute atomic E-state index is 5.36. The van der Waals surface area contributed by atoms with Gasteiger partial charge in [0.2, 0.25) is 0 Å². The van der Waals surface area contributed by atoms with Crippen molar-refractivity contribution < 1.29 is 0 Å². The minimum Gasteiger partial charge on any atom is -0.228 e. The third-order valence-corrected chi connectivity index (χ3v) is 11.8. The molecular formula is C50H30N2S. The monoisotopic (exact) mass is 690 g/mol. The summed E-state index contributed by atoms with van der Waals surface area (Å²) in [4.78, 5) is 10.7. The third-order valence-electron chi connectivity index (χ3n) is 10.7. The quantitative estimate of drug-likeness (QED) is 0.168. The predicted molar refractivity (Wildman–Crippen MR) is 226 cm³/mol. The molecule has 2 aromatic heterocycles. The second kappa shape index (κ2) is 11.9. The van der Waals surface area contributed by atoms with Crippen LogP contribution in [0, 0.1) is 0 Å². The van der Waals surface area contributed by atoms with Crippen molar-refractivity contribution in [2.75, 3.05) is 0 Å². The van der Waals surface area contributed by atoms with E-state index >= 15 is 0 Å². The molecule has 0 aliphatic rings. The zero-order chi connectivity index (χ0) is 34.9. The van der Waals surface area contributed by atoms with E-state index < -0.39 is 0 Å². The average Bonchev–Trinajstić information content (AvgIpc) is 3.62. The van der Waals surface area contributed by atoms with E-state index in [0.29, 0.717) is 0 Å². The first-order valence-corrected chi connectivity index (χ1v) is 18.8. The smallest absolute Gasteiger partial charge is 0.161 e. The van der Waals surface area contributed by atoms with Gasteiger partial charge in [-0.3, -0.25) is 0 Å². The van der Waals surface area contributed by atoms with Crippen LogP contribution in [0.25, 0.3) is 109 Å². The molecule has 0 bridgehead atoms. The molecule has 246 valence electrons. The molecule has 0 amide bonds. The van der Waals surface area contributed by atoms with Crippen LogP contribution in [0.15, 0.2) is 182 Å². The van der Waals surface area contributed by atoms with Crippen LogP contribution in [0.1, 0.15) is 0 Å². The van der Waals surface area contributed by atoms with E-state index in [4.69, 9.17) is 9.97 Å². The Labute approximate surface area is 310 Å². The molecule has 0 saturated carbocycles. The van der Waals surface area contributed by atoms with Crippen LogP contribution in [0.4, 0.5) is 0 Å². The number of aromatic nitrogens is 2. The fourth-order valence-electron chi connectivity index (χ4n) is 8.18. The van der Waals surface area contributed by atoms with Gasteiger partial charge in [-0.2, -0.15) is 0 Å². The summed E-state index contributed by atoms with van der Waals surface area (Å²) in [6, 6.07) is 65.5. The summed E-state index contributed by atoms with van der Waals surface area (Å²) < 4.78 is 2.48. The Balaban J connectivity index is 1.13. The molecule has 0 saturated heterocycles. The Bertz CT molecular complexity index is 3070. The van der Waals surface area contributed by atoms with Crippen LogP contribution in [-0.2, 0) is 0 Å². The lowest BCUT2D eigenvalue weighted by molar-refractivity contribution is 1.19. The first-order valence-electron chi connectivity index (χ1n) is 18.0. The second-order valence-electron chi connectivity index (χ2n) is 13.7. The van der Waals surface area contributed by atoms with Crippen LogP contribution >= 0.6 is 11.3 Å². The number of thiophene rings is 1. The highest BCUT2D eigenvalue weighted by molar-refractivity contribution is 7.26. The van der Waals surface area contributed by atoms with Crippen LogP contribution in [0.2, 0.25) is 0 Å². The Kier molecular flexibility index (Phi) is 6.76. The van der Waals surface area contributed by atoms with E-state index in [1.165, 1.54) is 63.6 Å². The van der Waals surface area contributed by atoms with Crippen LogP contribution in [0.3, 0.4) is 0 Å². The Morgan fingerprint density at radius 3 is 1.60 bits per heavy atom. The molecule has 0 aliphatic carbocycles. The number of hydrogen-bond donors (Lipinski definition) is 0. The van der Waals surface area contributed by atoms with E-state index in [2.05, 4.69) is 170 Å². The van der Waals surface area contributed by atoms with E-state index in [1.54, 1.807) is 0 Å². The largest absolute Gasteiger partial charge is 0.228 e. The van der Waals surface area contributed by atoms with Gasteiger partial charge in [0.05, 0.1) is 11.4 Å². The molecule has 0 unspecified atom stereocenters. The van der Waals surface area contributed by atoms with Gasteiger partial charge in [0.25, 0.3) is 0 Å². The molecule has 0 radical (unpaired) electrons. The lowest BCUT2D eigenvalue weighted by Gasteiger charge is -2.16. The number of nitrogens with zero attached hydrogens (tertiary/aromatic N) is 2.